The molecule has 2 atom stereocenters. The van der Waals surface area contributed by atoms with Crippen molar-refractivity contribution in [2.45, 2.75) is 44.3 Å². The van der Waals surface area contributed by atoms with Gasteiger partial charge in [0.25, 0.3) is 0 Å². The van der Waals surface area contributed by atoms with Crippen molar-refractivity contribution >= 4 is 15.9 Å². The molecule has 1 aromatic rings. The highest BCUT2D eigenvalue weighted by Gasteiger charge is 2.21. The molecule has 2 heterocycles. The van der Waals surface area contributed by atoms with Gasteiger partial charge in [0.15, 0.2) is 11.5 Å². The Labute approximate surface area is 133 Å². The van der Waals surface area contributed by atoms with Crippen molar-refractivity contribution in [3.05, 3.63) is 22.2 Å². The van der Waals surface area contributed by atoms with Crippen LogP contribution in [0.3, 0.4) is 0 Å². The quantitative estimate of drug-likeness (QED) is 0.895. The third-order valence-corrected chi connectivity index (χ3v) is 4.58. The van der Waals surface area contributed by atoms with E-state index in [1.807, 2.05) is 12.1 Å². The molecular formula is C16H21BrO4. The second-order valence-corrected chi connectivity index (χ2v) is 6.46. The lowest BCUT2D eigenvalue weighted by Gasteiger charge is -2.17. The van der Waals surface area contributed by atoms with Crippen molar-refractivity contribution in [1.29, 1.82) is 0 Å². The molecule has 0 saturated carbocycles. The monoisotopic (exact) mass is 356 g/mol. The molecule has 3 rings (SSSR count). The molecule has 1 N–H and O–H groups in total. The maximum absolute atomic E-state index is 10.4. The van der Waals surface area contributed by atoms with Crippen LogP contribution < -0.4 is 9.47 Å². The molecule has 0 aromatic heterocycles. The van der Waals surface area contributed by atoms with Gasteiger partial charge in [0, 0.05) is 13.0 Å². The van der Waals surface area contributed by atoms with E-state index in [0.717, 1.165) is 48.1 Å². The lowest BCUT2D eigenvalue weighted by Crippen LogP contribution is -2.08. The lowest BCUT2D eigenvalue weighted by atomic mass is 10.0. The molecule has 2 unspecified atom stereocenters. The molecule has 2 aliphatic heterocycles. The molecule has 5 heteroatoms. The van der Waals surface area contributed by atoms with Crippen LogP contribution in [0.4, 0.5) is 0 Å². The summed E-state index contributed by atoms with van der Waals surface area (Å²) in [7, 11) is 0. The summed E-state index contributed by atoms with van der Waals surface area (Å²) in [6.07, 6.45) is 4.53. The molecule has 116 valence electrons. The minimum absolute atomic E-state index is 0.309. The Morgan fingerprint density at radius 3 is 2.86 bits per heavy atom. The van der Waals surface area contributed by atoms with Crippen LogP contribution in [-0.2, 0) is 4.74 Å². The first kappa shape index (κ1) is 15.1. The van der Waals surface area contributed by atoms with Crippen molar-refractivity contribution in [2.24, 2.45) is 0 Å². The summed E-state index contributed by atoms with van der Waals surface area (Å²) in [5, 5.41) is 10.4. The summed E-state index contributed by atoms with van der Waals surface area (Å²) < 4.78 is 17.8. The van der Waals surface area contributed by atoms with Crippen molar-refractivity contribution in [2.75, 3.05) is 19.8 Å². The predicted molar refractivity (Wildman–Crippen MR) is 82.9 cm³/mol. The van der Waals surface area contributed by atoms with Crippen LogP contribution in [0, 0.1) is 0 Å². The number of hydrogen-bond donors (Lipinski definition) is 1. The third kappa shape index (κ3) is 3.71. The fourth-order valence-corrected chi connectivity index (χ4v) is 3.40. The largest absolute Gasteiger partial charge is 0.490 e. The van der Waals surface area contributed by atoms with E-state index in [0.29, 0.717) is 31.5 Å². The summed E-state index contributed by atoms with van der Waals surface area (Å²) in [6.45, 7) is 2.16. The van der Waals surface area contributed by atoms with Crippen molar-refractivity contribution in [1.82, 2.24) is 0 Å². The summed E-state index contributed by atoms with van der Waals surface area (Å²) in [5.41, 5.74) is 0.865. The van der Waals surface area contributed by atoms with Gasteiger partial charge in [0.05, 0.1) is 29.9 Å². The van der Waals surface area contributed by atoms with Crippen molar-refractivity contribution < 1.29 is 19.3 Å². The van der Waals surface area contributed by atoms with E-state index in [-0.39, 0.29) is 0 Å². The van der Waals surface area contributed by atoms with Gasteiger partial charge in [-0.15, -0.1) is 0 Å². The van der Waals surface area contributed by atoms with Gasteiger partial charge in [0.2, 0.25) is 0 Å². The van der Waals surface area contributed by atoms with E-state index in [2.05, 4.69) is 15.9 Å². The molecule has 0 spiro atoms. The van der Waals surface area contributed by atoms with Gasteiger partial charge in [-0.3, -0.25) is 0 Å². The summed E-state index contributed by atoms with van der Waals surface area (Å²) in [5.74, 6) is 1.45. The van der Waals surface area contributed by atoms with E-state index in [9.17, 15) is 5.11 Å². The van der Waals surface area contributed by atoms with Crippen LogP contribution >= 0.6 is 15.9 Å². The van der Waals surface area contributed by atoms with Gasteiger partial charge < -0.3 is 19.3 Å². The zero-order valence-corrected chi connectivity index (χ0v) is 13.6. The fourth-order valence-electron chi connectivity index (χ4n) is 2.83. The molecule has 0 aliphatic carbocycles. The fraction of sp³-hybridized carbons (Fsp3) is 0.625. The van der Waals surface area contributed by atoms with Gasteiger partial charge in [-0.25, -0.2) is 0 Å². The van der Waals surface area contributed by atoms with Gasteiger partial charge in [-0.05, 0) is 59.3 Å². The zero-order valence-electron chi connectivity index (χ0n) is 12.0. The topological polar surface area (TPSA) is 47.9 Å². The third-order valence-electron chi connectivity index (χ3n) is 4.00. The van der Waals surface area contributed by atoms with Gasteiger partial charge in [0.1, 0.15) is 0 Å². The summed E-state index contributed by atoms with van der Waals surface area (Å²) >= 11 is 3.51. The second kappa shape index (κ2) is 6.99. The second-order valence-electron chi connectivity index (χ2n) is 5.61. The Morgan fingerprint density at radius 2 is 2.05 bits per heavy atom. The smallest absolute Gasteiger partial charge is 0.175 e. The summed E-state index contributed by atoms with van der Waals surface area (Å²) in [6, 6.07) is 3.82. The predicted octanol–water partition coefficient (Wildman–Crippen LogP) is 3.60. The molecular weight excluding hydrogens is 336 g/mol. The first-order chi connectivity index (χ1) is 10.2. The van der Waals surface area contributed by atoms with E-state index in [1.54, 1.807) is 0 Å². The number of aliphatic hydroxyl groups excluding tert-OH is 1. The SMILES string of the molecule is OC(CCC1CCCO1)c1cc(Br)c2c(c1)OCCCO2. The average molecular weight is 357 g/mol. The van der Waals surface area contributed by atoms with Crippen LogP contribution in [0.2, 0.25) is 0 Å². The Bertz CT molecular complexity index is 485. The van der Waals surface area contributed by atoms with Crippen molar-refractivity contribution in [3.8, 4) is 11.5 Å². The molecule has 2 aliphatic rings. The number of rotatable bonds is 4. The standard InChI is InChI=1S/C16H21BrO4/c17-13-9-11(10-15-16(13)21-8-2-7-20-15)14(18)5-4-12-3-1-6-19-12/h9-10,12,14,18H,1-8H2. The Hall–Kier alpha value is -0.780. The molecule has 1 aromatic carbocycles. The summed E-state index contributed by atoms with van der Waals surface area (Å²) in [4.78, 5) is 0. The van der Waals surface area contributed by atoms with E-state index in [4.69, 9.17) is 14.2 Å². The highest BCUT2D eigenvalue weighted by molar-refractivity contribution is 9.10. The number of aliphatic hydroxyl groups is 1. The van der Waals surface area contributed by atoms with Gasteiger partial charge in [-0.2, -0.15) is 0 Å². The lowest BCUT2D eigenvalue weighted by molar-refractivity contribution is 0.0811. The Morgan fingerprint density at radius 1 is 1.19 bits per heavy atom. The molecule has 0 amide bonds. The van der Waals surface area contributed by atoms with Crippen LogP contribution in [0.5, 0.6) is 11.5 Å². The molecule has 1 fully saturated rings. The van der Waals surface area contributed by atoms with Gasteiger partial charge >= 0.3 is 0 Å². The zero-order chi connectivity index (χ0) is 14.7. The maximum Gasteiger partial charge on any atom is 0.175 e. The molecule has 0 bridgehead atoms. The number of fused-ring (bicyclic) bond motifs is 1. The van der Waals surface area contributed by atoms with E-state index in [1.165, 1.54) is 0 Å². The van der Waals surface area contributed by atoms with Crippen LogP contribution in [0.25, 0.3) is 0 Å². The molecule has 4 nitrogen and oxygen atoms in total. The van der Waals surface area contributed by atoms with Crippen LogP contribution in [0.15, 0.2) is 16.6 Å². The molecule has 1 saturated heterocycles. The van der Waals surface area contributed by atoms with Crippen LogP contribution in [0.1, 0.15) is 43.8 Å². The first-order valence-electron chi connectivity index (χ1n) is 7.63. The van der Waals surface area contributed by atoms with Crippen LogP contribution in [-0.4, -0.2) is 31.0 Å². The molecule has 0 radical (unpaired) electrons. The number of hydrogen-bond acceptors (Lipinski definition) is 4. The highest BCUT2D eigenvalue weighted by Crippen LogP contribution is 2.40. The van der Waals surface area contributed by atoms with E-state index >= 15 is 0 Å². The Kier molecular flexibility index (Phi) is 5.03. The normalized spacial score (nSPS) is 22.9. The van der Waals surface area contributed by atoms with Gasteiger partial charge in [-0.1, -0.05) is 0 Å². The first-order valence-corrected chi connectivity index (χ1v) is 8.42. The number of benzene rings is 1. The Balaban J connectivity index is 1.69. The number of ether oxygens (including phenoxy) is 3. The number of halogens is 1. The van der Waals surface area contributed by atoms with E-state index < -0.39 is 6.10 Å². The minimum atomic E-state index is -0.498. The average Bonchev–Trinajstić information content (AvgIpc) is 2.88. The maximum atomic E-state index is 10.4. The minimum Gasteiger partial charge on any atom is -0.490 e. The van der Waals surface area contributed by atoms with Crippen molar-refractivity contribution in [3.63, 3.8) is 0 Å². The molecule has 21 heavy (non-hydrogen) atoms. The highest BCUT2D eigenvalue weighted by atomic mass is 79.9.